The summed E-state index contributed by atoms with van der Waals surface area (Å²) in [7, 11) is 0. The molecule has 0 radical (unpaired) electrons. The molecule has 0 bridgehead atoms. The van der Waals surface area contributed by atoms with Crippen molar-refractivity contribution in [1.82, 2.24) is 20.1 Å². The van der Waals surface area contributed by atoms with Crippen LogP contribution in [0, 0.1) is 31.1 Å². The summed E-state index contributed by atoms with van der Waals surface area (Å²) in [5.74, 6) is 0.973. The van der Waals surface area contributed by atoms with Gasteiger partial charge in [-0.25, -0.2) is 0 Å². The lowest BCUT2D eigenvalue weighted by atomic mass is 9.98. The van der Waals surface area contributed by atoms with Crippen LogP contribution in [0.15, 0.2) is 53.7 Å². The number of amides is 1. The molecule has 0 unspecified atom stereocenters. The Balaban J connectivity index is 1.62. The van der Waals surface area contributed by atoms with E-state index in [0.29, 0.717) is 5.16 Å². The molecule has 1 aliphatic rings. The van der Waals surface area contributed by atoms with E-state index in [9.17, 15) is 10.1 Å². The molecule has 0 spiro atoms. The maximum Gasteiger partial charge on any atom is 0.231 e. The Labute approximate surface area is 186 Å². The molecule has 1 fully saturated rings. The first-order chi connectivity index (χ1) is 14.9. The number of rotatable bonds is 7. The first kappa shape index (κ1) is 21.1. The molecule has 0 saturated heterocycles. The summed E-state index contributed by atoms with van der Waals surface area (Å²) in [5, 5.41) is 21.9. The highest BCUT2D eigenvalue weighted by molar-refractivity contribution is 7.99. The Bertz CT molecular complexity index is 1150. The number of thioether (sulfide) groups is 1. The molecule has 1 heterocycles. The minimum Gasteiger partial charge on any atom is -0.337 e. The molecule has 0 aliphatic heterocycles. The van der Waals surface area contributed by atoms with E-state index in [0.717, 1.165) is 29.9 Å². The smallest absolute Gasteiger partial charge is 0.231 e. The van der Waals surface area contributed by atoms with Crippen LogP contribution in [-0.4, -0.2) is 32.0 Å². The fraction of sp³-hybridized carbons (Fsp3) is 0.333. The highest BCUT2D eigenvalue weighted by Crippen LogP contribution is 2.39. The van der Waals surface area contributed by atoms with Crippen LogP contribution in [0.3, 0.4) is 0 Å². The number of hydrogen-bond acceptors (Lipinski definition) is 5. The number of nitrogens with one attached hydrogen (secondary N) is 1. The van der Waals surface area contributed by atoms with Crippen molar-refractivity contribution in [3.63, 3.8) is 0 Å². The van der Waals surface area contributed by atoms with Gasteiger partial charge in [0.2, 0.25) is 5.91 Å². The van der Waals surface area contributed by atoms with Gasteiger partial charge in [0.1, 0.15) is 5.54 Å². The first-order valence-electron chi connectivity index (χ1n) is 10.3. The molecule has 31 heavy (non-hydrogen) atoms. The highest BCUT2D eigenvalue weighted by atomic mass is 32.2. The molecular weight excluding hydrogens is 406 g/mol. The Morgan fingerprint density at radius 3 is 2.58 bits per heavy atom. The van der Waals surface area contributed by atoms with Gasteiger partial charge in [-0.2, -0.15) is 5.26 Å². The van der Waals surface area contributed by atoms with E-state index in [1.54, 1.807) is 6.92 Å². The molecule has 6 nitrogen and oxygen atoms in total. The third-order valence-electron chi connectivity index (χ3n) is 5.77. The third-order valence-corrected chi connectivity index (χ3v) is 6.70. The SMILES string of the molecule is Cc1ccc(-n2c(SCC(=O)N[C@](C)(C#N)C3CC3)nnc2-c2ccccc2)cc1C. The van der Waals surface area contributed by atoms with Gasteiger partial charge in [0.25, 0.3) is 0 Å². The van der Waals surface area contributed by atoms with Crippen LogP contribution in [0.5, 0.6) is 0 Å². The number of nitrogens with zero attached hydrogens (tertiary/aromatic N) is 4. The lowest BCUT2D eigenvalue weighted by molar-refractivity contribution is -0.119. The quantitative estimate of drug-likeness (QED) is 0.559. The van der Waals surface area contributed by atoms with Crippen molar-refractivity contribution in [1.29, 1.82) is 5.26 Å². The van der Waals surface area contributed by atoms with Crippen LogP contribution in [0.1, 0.15) is 30.9 Å². The molecule has 7 heteroatoms. The molecular formula is C24H25N5OS. The van der Waals surface area contributed by atoms with E-state index in [1.807, 2.05) is 41.0 Å². The predicted molar refractivity (Wildman–Crippen MR) is 122 cm³/mol. The number of benzene rings is 2. The van der Waals surface area contributed by atoms with Gasteiger partial charge in [0, 0.05) is 5.56 Å². The van der Waals surface area contributed by atoms with E-state index in [-0.39, 0.29) is 17.6 Å². The van der Waals surface area contributed by atoms with Crippen LogP contribution >= 0.6 is 11.8 Å². The van der Waals surface area contributed by atoms with Gasteiger partial charge in [-0.15, -0.1) is 10.2 Å². The Kier molecular flexibility index (Phi) is 5.84. The van der Waals surface area contributed by atoms with Crippen molar-refractivity contribution in [2.45, 2.75) is 44.3 Å². The van der Waals surface area contributed by atoms with Gasteiger partial charge in [-0.05, 0) is 62.8 Å². The van der Waals surface area contributed by atoms with E-state index in [1.165, 1.54) is 22.9 Å². The van der Waals surface area contributed by atoms with Gasteiger partial charge in [0.15, 0.2) is 11.0 Å². The average molecular weight is 432 g/mol. The molecule has 1 N–H and O–H groups in total. The van der Waals surface area contributed by atoms with Gasteiger partial charge < -0.3 is 5.32 Å². The van der Waals surface area contributed by atoms with Crippen LogP contribution in [0.4, 0.5) is 0 Å². The zero-order valence-electron chi connectivity index (χ0n) is 17.9. The van der Waals surface area contributed by atoms with Gasteiger partial charge in [-0.3, -0.25) is 9.36 Å². The lowest BCUT2D eigenvalue weighted by Crippen LogP contribution is -2.47. The number of carbonyl (C=O) groups is 1. The van der Waals surface area contributed by atoms with E-state index < -0.39 is 5.54 Å². The van der Waals surface area contributed by atoms with Crippen LogP contribution in [-0.2, 0) is 4.79 Å². The second-order valence-corrected chi connectivity index (χ2v) is 9.14. The van der Waals surface area contributed by atoms with Crippen LogP contribution < -0.4 is 5.32 Å². The summed E-state index contributed by atoms with van der Waals surface area (Å²) in [6.45, 7) is 5.96. The molecule has 2 aromatic carbocycles. The van der Waals surface area contributed by atoms with Gasteiger partial charge >= 0.3 is 0 Å². The second-order valence-electron chi connectivity index (χ2n) is 8.20. The Morgan fingerprint density at radius 2 is 1.94 bits per heavy atom. The zero-order chi connectivity index (χ0) is 22.0. The van der Waals surface area contributed by atoms with Gasteiger partial charge in [0.05, 0.1) is 17.5 Å². The zero-order valence-corrected chi connectivity index (χ0v) is 18.7. The molecule has 1 aliphatic carbocycles. The lowest BCUT2D eigenvalue weighted by Gasteiger charge is -2.22. The summed E-state index contributed by atoms with van der Waals surface area (Å²) >= 11 is 1.33. The number of aryl methyl sites for hydroxylation is 2. The fourth-order valence-electron chi connectivity index (χ4n) is 3.57. The molecule has 1 amide bonds. The van der Waals surface area contributed by atoms with Crippen molar-refractivity contribution < 1.29 is 4.79 Å². The fourth-order valence-corrected chi connectivity index (χ4v) is 4.32. The van der Waals surface area contributed by atoms with Crippen molar-refractivity contribution in [2.24, 2.45) is 5.92 Å². The number of aromatic nitrogens is 3. The third kappa shape index (κ3) is 4.49. The highest BCUT2D eigenvalue weighted by Gasteiger charge is 2.43. The normalized spacial score (nSPS) is 15.2. The summed E-state index contributed by atoms with van der Waals surface area (Å²) < 4.78 is 1.99. The Morgan fingerprint density at radius 1 is 1.19 bits per heavy atom. The standard InChI is InChI=1S/C24H25N5OS/c1-16-9-12-20(13-17(16)2)29-22(18-7-5-4-6-8-18)27-28-23(29)31-14-21(30)26-24(3,15-25)19-10-11-19/h4-9,12-13,19H,10-11,14H2,1-3H3,(H,26,30)/t24-/m1/s1. The largest absolute Gasteiger partial charge is 0.337 e. The minimum atomic E-state index is -0.797. The monoisotopic (exact) mass is 431 g/mol. The van der Waals surface area contributed by atoms with Crippen molar-refractivity contribution in [3.8, 4) is 23.1 Å². The van der Waals surface area contributed by atoms with Gasteiger partial charge in [-0.1, -0.05) is 48.2 Å². The van der Waals surface area contributed by atoms with E-state index in [4.69, 9.17) is 0 Å². The van der Waals surface area contributed by atoms with Crippen molar-refractivity contribution in [2.75, 3.05) is 5.75 Å². The van der Waals surface area contributed by atoms with E-state index >= 15 is 0 Å². The van der Waals surface area contributed by atoms with Crippen LogP contribution in [0.2, 0.25) is 0 Å². The van der Waals surface area contributed by atoms with Crippen molar-refractivity contribution in [3.05, 3.63) is 59.7 Å². The molecule has 4 rings (SSSR count). The second kappa shape index (κ2) is 8.56. The average Bonchev–Trinajstić information content (AvgIpc) is 3.55. The molecule has 1 saturated carbocycles. The maximum absolute atomic E-state index is 12.6. The molecule has 3 aromatic rings. The molecule has 1 aromatic heterocycles. The van der Waals surface area contributed by atoms with E-state index in [2.05, 4.69) is 47.6 Å². The Hall–Kier alpha value is -3.11. The maximum atomic E-state index is 12.6. The van der Waals surface area contributed by atoms with Crippen LogP contribution in [0.25, 0.3) is 17.1 Å². The summed E-state index contributed by atoms with van der Waals surface area (Å²) in [4.78, 5) is 12.6. The summed E-state index contributed by atoms with van der Waals surface area (Å²) in [6.07, 6.45) is 1.97. The minimum absolute atomic E-state index is 0.168. The van der Waals surface area contributed by atoms with Crippen molar-refractivity contribution >= 4 is 17.7 Å². The topological polar surface area (TPSA) is 83.6 Å². The first-order valence-corrected chi connectivity index (χ1v) is 11.3. The summed E-state index contributed by atoms with van der Waals surface area (Å²) in [5.41, 5.74) is 3.50. The predicted octanol–water partition coefficient (Wildman–Crippen LogP) is 4.45. The number of hydrogen-bond donors (Lipinski definition) is 1. The number of carbonyl (C=O) groups excluding carboxylic acids is 1. The molecule has 1 atom stereocenters. The molecule has 158 valence electrons. The summed E-state index contributed by atoms with van der Waals surface area (Å²) in [6, 6.07) is 18.4. The number of nitriles is 1.